The molecule has 2 aliphatic rings. The zero-order valence-corrected chi connectivity index (χ0v) is 22.3. The average molecular weight is 519 g/mol. The number of allylic oxidation sites excluding steroid dienone is 1. The maximum absolute atomic E-state index is 12.5. The highest BCUT2D eigenvalue weighted by Crippen LogP contribution is 2.23. The number of rotatable bonds is 9. The monoisotopic (exact) mass is 518 g/mol. The minimum atomic E-state index is 0.0784. The first-order valence-electron chi connectivity index (χ1n) is 13.6. The third-order valence-electron chi connectivity index (χ3n) is 7.15. The van der Waals surface area contributed by atoms with Gasteiger partial charge in [-0.25, -0.2) is 0 Å². The molecule has 38 heavy (non-hydrogen) atoms. The maximum Gasteiger partial charge on any atom is 0.246 e. The van der Waals surface area contributed by atoms with Crippen molar-refractivity contribution in [3.8, 4) is 0 Å². The molecule has 1 amide bonds. The number of piperazine rings is 1. The van der Waals surface area contributed by atoms with Crippen LogP contribution in [0.25, 0.3) is 5.65 Å². The zero-order valence-electron chi connectivity index (χ0n) is 22.3. The number of fused-ring (bicyclic) bond motifs is 1. The van der Waals surface area contributed by atoms with E-state index in [1.807, 2.05) is 29.3 Å². The van der Waals surface area contributed by atoms with Crippen LogP contribution in [0.3, 0.4) is 0 Å². The summed E-state index contributed by atoms with van der Waals surface area (Å²) in [5.74, 6) is 1.63. The van der Waals surface area contributed by atoms with Crippen LogP contribution < -0.4 is 16.0 Å². The summed E-state index contributed by atoms with van der Waals surface area (Å²) in [5.41, 5.74) is 4.21. The second-order valence-electron chi connectivity index (χ2n) is 10.2. The number of benzene rings is 1. The molecule has 0 spiro atoms. The van der Waals surface area contributed by atoms with Gasteiger partial charge in [0.05, 0.1) is 6.20 Å². The molecule has 2 aliphatic heterocycles. The Hall–Kier alpha value is -3.50. The zero-order chi connectivity index (χ0) is 26.3. The van der Waals surface area contributed by atoms with Crippen LogP contribution in [0.15, 0.2) is 42.6 Å². The van der Waals surface area contributed by atoms with Gasteiger partial charge < -0.3 is 25.6 Å². The number of nitrogens with zero attached hydrogens (tertiary/aromatic N) is 5. The number of hydrogen-bond acceptors (Lipinski definition) is 8. The predicted molar refractivity (Wildman–Crippen MR) is 148 cm³/mol. The van der Waals surface area contributed by atoms with Crippen LogP contribution in [0.1, 0.15) is 49.3 Å². The van der Waals surface area contributed by atoms with Crippen LogP contribution in [-0.4, -0.2) is 75.8 Å². The quantitative estimate of drug-likeness (QED) is 0.371. The molecule has 0 radical (unpaired) electrons. The van der Waals surface area contributed by atoms with Crippen molar-refractivity contribution < 1.29 is 9.53 Å². The molecule has 1 aromatic carbocycles. The second kappa shape index (κ2) is 12.4. The van der Waals surface area contributed by atoms with E-state index < -0.39 is 0 Å². The molecular formula is C28H38N8O2. The van der Waals surface area contributed by atoms with Crippen molar-refractivity contribution in [3.63, 3.8) is 0 Å². The number of nitrogens with one attached hydrogen (secondary N) is 3. The molecule has 0 bridgehead atoms. The van der Waals surface area contributed by atoms with Gasteiger partial charge in [-0.2, -0.15) is 19.6 Å². The molecule has 0 unspecified atom stereocenters. The third kappa shape index (κ3) is 6.31. The molecule has 0 atom stereocenters. The van der Waals surface area contributed by atoms with Crippen LogP contribution in [0, 0.1) is 0 Å². The van der Waals surface area contributed by atoms with E-state index in [0.29, 0.717) is 36.8 Å². The SMILES string of the molecule is CC(C)c1cnn2c(NCc3ccccc3CC=CC(=O)N3CCNCC3)nc(NC3CCOCC3)nc12. The first-order chi connectivity index (χ1) is 18.6. The number of aromatic nitrogens is 4. The summed E-state index contributed by atoms with van der Waals surface area (Å²) in [6, 6.07) is 8.58. The second-order valence-corrected chi connectivity index (χ2v) is 10.2. The van der Waals surface area contributed by atoms with Crippen molar-refractivity contribution in [2.75, 3.05) is 50.0 Å². The van der Waals surface area contributed by atoms with E-state index in [1.165, 1.54) is 5.56 Å². The molecule has 10 nitrogen and oxygen atoms in total. The fourth-order valence-corrected chi connectivity index (χ4v) is 4.89. The predicted octanol–water partition coefficient (Wildman–Crippen LogP) is 2.98. The molecule has 10 heteroatoms. The Labute approximate surface area is 223 Å². The van der Waals surface area contributed by atoms with Gasteiger partial charge >= 0.3 is 0 Å². The number of anilines is 2. The molecule has 0 aliphatic carbocycles. The van der Waals surface area contributed by atoms with E-state index in [9.17, 15) is 4.79 Å². The Bertz CT molecular complexity index is 1260. The van der Waals surface area contributed by atoms with Crippen molar-refractivity contribution in [3.05, 3.63) is 59.3 Å². The lowest BCUT2D eigenvalue weighted by molar-refractivity contribution is -0.126. The largest absolute Gasteiger partial charge is 0.381 e. The molecule has 3 N–H and O–H groups in total. The fraction of sp³-hybridized carbons (Fsp3) is 0.500. The standard InChI is InChI=1S/C28H38N8O2/c1-20(2)24-19-31-36-26(24)33-27(32-23-10-16-38-17-11-23)34-28(36)30-18-22-7-4-3-6-21(22)8-5-9-25(37)35-14-12-29-13-15-35/h3-7,9,19-20,23,29H,8,10-18H2,1-2H3,(H2,30,32,33,34). The van der Waals surface area contributed by atoms with Gasteiger partial charge in [-0.15, -0.1) is 0 Å². The summed E-state index contributed by atoms with van der Waals surface area (Å²) >= 11 is 0. The van der Waals surface area contributed by atoms with Crippen LogP contribution in [0.2, 0.25) is 0 Å². The highest BCUT2D eigenvalue weighted by Gasteiger charge is 2.19. The summed E-state index contributed by atoms with van der Waals surface area (Å²) in [6.07, 6.45) is 8.10. The van der Waals surface area contributed by atoms with E-state index in [1.54, 1.807) is 10.6 Å². The first-order valence-corrected chi connectivity index (χ1v) is 13.6. The maximum atomic E-state index is 12.5. The van der Waals surface area contributed by atoms with Gasteiger partial charge in [-0.1, -0.05) is 44.2 Å². The Morgan fingerprint density at radius 3 is 2.68 bits per heavy atom. The van der Waals surface area contributed by atoms with Crippen molar-refractivity contribution in [2.24, 2.45) is 0 Å². The molecule has 2 saturated heterocycles. The Kier molecular flexibility index (Phi) is 8.50. The number of carbonyl (C=O) groups is 1. The van der Waals surface area contributed by atoms with E-state index in [4.69, 9.17) is 14.7 Å². The Morgan fingerprint density at radius 2 is 1.92 bits per heavy atom. The summed E-state index contributed by atoms with van der Waals surface area (Å²) in [4.78, 5) is 24.0. The summed E-state index contributed by atoms with van der Waals surface area (Å²) in [7, 11) is 0. The number of amides is 1. The van der Waals surface area contributed by atoms with Crippen molar-refractivity contribution in [1.29, 1.82) is 0 Å². The minimum Gasteiger partial charge on any atom is -0.381 e. The van der Waals surface area contributed by atoms with Gasteiger partial charge in [-0.3, -0.25) is 4.79 Å². The summed E-state index contributed by atoms with van der Waals surface area (Å²) in [6.45, 7) is 9.60. The van der Waals surface area contributed by atoms with E-state index in [0.717, 1.165) is 69.0 Å². The van der Waals surface area contributed by atoms with E-state index in [-0.39, 0.29) is 5.91 Å². The molecule has 4 heterocycles. The number of ether oxygens (including phenoxy) is 1. The third-order valence-corrected chi connectivity index (χ3v) is 7.15. The molecule has 3 aromatic rings. The number of carbonyl (C=O) groups excluding carboxylic acids is 1. The molecular weight excluding hydrogens is 480 g/mol. The van der Waals surface area contributed by atoms with Gasteiger partial charge in [0.2, 0.25) is 17.8 Å². The normalized spacial score (nSPS) is 17.0. The molecule has 5 rings (SSSR count). The average Bonchev–Trinajstić information content (AvgIpc) is 3.38. The van der Waals surface area contributed by atoms with Crippen molar-refractivity contribution in [2.45, 2.75) is 51.6 Å². The van der Waals surface area contributed by atoms with Crippen molar-refractivity contribution >= 4 is 23.5 Å². The van der Waals surface area contributed by atoms with Gasteiger partial charge in [0.1, 0.15) is 0 Å². The van der Waals surface area contributed by atoms with Crippen molar-refractivity contribution in [1.82, 2.24) is 29.8 Å². The van der Waals surface area contributed by atoms with Gasteiger partial charge in [0, 0.05) is 57.5 Å². The highest BCUT2D eigenvalue weighted by atomic mass is 16.5. The molecule has 2 fully saturated rings. The Morgan fingerprint density at radius 1 is 1.16 bits per heavy atom. The van der Waals surface area contributed by atoms with Gasteiger partial charge in [-0.05, 0) is 42.4 Å². The first kappa shape index (κ1) is 26.1. The topological polar surface area (TPSA) is 109 Å². The lowest BCUT2D eigenvalue weighted by Crippen LogP contribution is -2.45. The highest BCUT2D eigenvalue weighted by molar-refractivity contribution is 5.87. The Balaban J connectivity index is 1.32. The van der Waals surface area contributed by atoms with Crippen LogP contribution >= 0.6 is 0 Å². The summed E-state index contributed by atoms with van der Waals surface area (Å²) in [5, 5.41) is 14.9. The molecule has 2 aromatic heterocycles. The van der Waals surface area contributed by atoms with Crippen LogP contribution in [0.5, 0.6) is 0 Å². The van der Waals surface area contributed by atoms with Gasteiger partial charge in [0.15, 0.2) is 5.65 Å². The summed E-state index contributed by atoms with van der Waals surface area (Å²) < 4.78 is 7.30. The van der Waals surface area contributed by atoms with E-state index >= 15 is 0 Å². The van der Waals surface area contributed by atoms with E-state index in [2.05, 4.69) is 47.0 Å². The molecule has 0 saturated carbocycles. The lowest BCUT2D eigenvalue weighted by atomic mass is 10.0. The lowest BCUT2D eigenvalue weighted by Gasteiger charge is -2.26. The minimum absolute atomic E-state index is 0.0784. The van der Waals surface area contributed by atoms with Gasteiger partial charge in [0.25, 0.3) is 0 Å². The van der Waals surface area contributed by atoms with Crippen LogP contribution in [-0.2, 0) is 22.5 Å². The smallest absolute Gasteiger partial charge is 0.246 e. The molecule has 202 valence electrons. The fourth-order valence-electron chi connectivity index (χ4n) is 4.89. The van der Waals surface area contributed by atoms with Crippen LogP contribution in [0.4, 0.5) is 11.9 Å². The number of hydrogen-bond donors (Lipinski definition) is 3.